The molecular weight excluding hydrogens is 188 g/mol. The van der Waals surface area contributed by atoms with E-state index in [0.29, 0.717) is 6.61 Å². The molecule has 3 nitrogen and oxygen atoms in total. The molecule has 0 atom stereocenters. The number of hydrazine groups is 1. The molecule has 15 heavy (non-hydrogen) atoms. The molecule has 0 aromatic heterocycles. The van der Waals surface area contributed by atoms with E-state index in [0.717, 1.165) is 12.3 Å². The third-order valence-electron chi connectivity index (χ3n) is 2.30. The van der Waals surface area contributed by atoms with Crippen LogP contribution in [0.5, 0.6) is 5.75 Å². The average molecular weight is 208 g/mol. The Labute approximate surface area is 91.8 Å². The summed E-state index contributed by atoms with van der Waals surface area (Å²) in [6.45, 7) is 7.59. The first-order valence-electron chi connectivity index (χ1n) is 5.17. The van der Waals surface area contributed by atoms with E-state index in [9.17, 15) is 0 Å². The van der Waals surface area contributed by atoms with Crippen molar-refractivity contribution >= 4 is 0 Å². The molecule has 0 aliphatic heterocycles. The number of aryl methyl sites for hydroxylation is 3. The molecule has 3 heteroatoms. The summed E-state index contributed by atoms with van der Waals surface area (Å²) in [5.41, 5.74) is 3.65. The standard InChI is InChI=1S/C12H20N2O/c1-9-7-10(2)12(11(3)8-9)15-6-5-14(4)13/h7-8H,5-6,13H2,1-4H3. The molecule has 0 unspecified atom stereocenters. The van der Waals surface area contributed by atoms with E-state index in [-0.39, 0.29) is 0 Å². The second-order valence-electron chi connectivity index (χ2n) is 4.06. The van der Waals surface area contributed by atoms with Crippen molar-refractivity contribution in [1.29, 1.82) is 0 Å². The molecule has 0 saturated carbocycles. The van der Waals surface area contributed by atoms with Crippen molar-refractivity contribution in [2.75, 3.05) is 20.2 Å². The summed E-state index contributed by atoms with van der Waals surface area (Å²) >= 11 is 0. The normalized spacial score (nSPS) is 10.8. The molecule has 0 saturated heterocycles. The van der Waals surface area contributed by atoms with Gasteiger partial charge in [-0.1, -0.05) is 17.7 Å². The fourth-order valence-electron chi connectivity index (χ4n) is 1.69. The van der Waals surface area contributed by atoms with Gasteiger partial charge in [-0.25, -0.2) is 5.01 Å². The molecular formula is C12H20N2O. The summed E-state index contributed by atoms with van der Waals surface area (Å²) in [5.74, 6) is 6.50. The number of likely N-dealkylation sites (N-methyl/N-ethyl adjacent to an activating group) is 1. The van der Waals surface area contributed by atoms with E-state index >= 15 is 0 Å². The lowest BCUT2D eigenvalue weighted by Gasteiger charge is -2.15. The maximum absolute atomic E-state index is 5.71. The van der Waals surface area contributed by atoms with Gasteiger partial charge in [0, 0.05) is 13.6 Å². The van der Waals surface area contributed by atoms with Crippen LogP contribution in [-0.4, -0.2) is 25.2 Å². The highest BCUT2D eigenvalue weighted by Gasteiger charge is 2.04. The number of hydrogen-bond donors (Lipinski definition) is 1. The van der Waals surface area contributed by atoms with E-state index in [2.05, 4.69) is 32.9 Å². The molecule has 1 rings (SSSR count). The predicted molar refractivity (Wildman–Crippen MR) is 63.0 cm³/mol. The number of nitrogens with zero attached hydrogens (tertiary/aromatic N) is 1. The molecule has 0 spiro atoms. The van der Waals surface area contributed by atoms with Crippen molar-refractivity contribution in [3.8, 4) is 5.75 Å². The monoisotopic (exact) mass is 208 g/mol. The van der Waals surface area contributed by atoms with E-state index in [1.54, 1.807) is 5.01 Å². The second-order valence-corrected chi connectivity index (χ2v) is 4.06. The van der Waals surface area contributed by atoms with Crippen molar-refractivity contribution in [2.45, 2.75) is 20.8 Å². The van der Waals surface area contributed by atoms with Crippen molar-refractivity contribution in [3.05, 3.63) is 28.8 Å². The van der Waals surface area contributed by atoms with Crippen LogP contribution in [-0.2, 0) is 0 Å². The Bertz CT molecular complexity index is 311. The van der Waals surface area contributed by atoms with Crippen LogP contribution in [0.1, 0.15) is 16.7 Å². The van der Waals surface area contributed by atoms with Gasteiger partial charge in [0.15, 0.2) is 0 Å². The fraction of sp³-hybridized carbons (Fsp3) is 0.500. The maximum Gasteiger partial charge on any atom is 0.125 e. The minimum absolute atomic E-state index is 0.623. The largest absolute Gasteiger partial charge is 0.492 e. The zero-order valence-electron chi connectivity index (χ0n) is 10.0. The lowest BCUT2D eigenvalue weighted by atomic mass is 10.1. The van der Waals surface area contributed by atoms with Crippen LogP contribution in [0, 0.1) is 20.8 Å². The summed E-state index contributed by atoms with van der Waals surface area (Å²) in [6.07, 6.45) is 0. The van der Waals surface area contributed by atoms with Gasteiger partial charge in [0.1, 0.15) is 12.4 Å². The number of ether oxygens (including phenoxy) is 1. The molecule has 2 N–H and O–H groups in total. The first-order valence-corrected chi connectivity index (χ1v) is 5.17. The topological polar surface area (TPSA) is 38.5 Å². The summed E-state index contributed by atoms with van der Waals surface area (Å²) < 4.78 is 5.71. The Kier molecular flexibility index (Phi) is 4.12. The summed E-state index contributed by atoms with van der Waals surface area (Å²) in [4.78, 5) is 0. The molecule has 0 amide bonds. The van der Waals surface area contributed by atoms with Gasteiger partial charge in [-0.05, 0) is 31.9 Å². The Hall–Kier alpha value is -1.06. The number of benzene rings is 1. The van der Waals surface area contributed by atoms with Crippen molar-refractivity contribution in [2.24, 2.45) is 5.84 Å². The number of hydrogen-bond acceptors (Lipinski definition) is 3. The smallest absolute Gasteiger partial charge is 0.125 e. The lowest BCUT2D eigenvalue weighted by molar-refractivity contribution is 0.239. The first-order chi connectivity index (χ1) is 7.00. The summed E-state index contributed by atoms with van der Waals surface area (Å²) in [6, 6.07) is 4.27. The van der Waals surface area contributed by atoms with Crippen LogP contribution in [0.4, 0.5) is 0 Å². The Morgan fingerprint density at radius 3 is 2.20 bits per heavy atom. The van der Waals surface area contributed by atoms with Gasteiger partial charge in [-0.3, -0.25) is 5.84 Å². The van der Waals surface area contributed by atoms with Crippen LogP contribution in [0.25, 0.3) is 0 Å². The van der Waals surface area contributed by atoms with Crippen molar-refractivity contribution < 1.29 is 4.74 Å². The molecule has 0 aliphatic carbocycles. The highest BCUT2D eigenvalue weighted by atomic mass is 16.5. The minimum Gasteiger partial charge on any atom is -0.492 e. The zero-order chi connectivity index (χ0) is 11.4. The quantitative estimate of drug-likeness (QED) is 0.605. The maximum atomic E-state index is 5.71. The molecule has 0 heterocycles. The van der Waals surface area contributed by atoms with E-state index in [4.69, 9.17) is 10.6 Å². The highest BCUT2D eigenvalue weighted by molar-refractivity contribution is 5.42. The van der Waals surface area contributed by atoms with Gasteiger partial charge < -0.3 is 4.74 Å². The summed E-state index contributed by atoms with van der Waals surface area (Å²) in [7, 11) is 1.83. The first kappa shape index (κ1) is 12.0. The Morgan fingerprint density at radius 1 is 1.20 bits per heavy atom. The highest BCUT2D eigenvalue weighted by Crippen LogP contribution is 2.24. The molecule has 1 aromatic carbocycles. The predicted octanol–water partition coefficient (Wildman–Crippen LogP) is 1.80. The van der Waals surface area contributed by atoms with Gasteiger partial charge in [-0.15, -0.1) is 0 Å². The van der Waals surface area contributed by atoms with Crippen LogP contribution in [0.3, 0.4) is 0 Å². The third kappa shape index (κ3) is 3.53. The zero-order valence-corrected chi connectivity index (χ0v) is 10.0. The fourth-order valence-corrected chi connectivity index (χ4v) is 1.69. The van der Waals surface area contributed by atoms with E-state index in [1.807, 2.05) is 7.05 Å². The third-order valence-corrected chi connectivity index (χ3v) is 2.30. The van der Waals surface area contributed by atoms with Crippen LogP contribution in [0.2, 0.25) is 0 Å². The molecule has 1 aromatic rings. The SMILES string of the molecule is Cc1cc(C)c(OCCN(C)N)c(C)c1. The van der Waals surface area contributed by atoms with Crippen LogP contribution in [0.15, 0.2) is 12.1 Å². The number of nitrogens with two attached hydrogens (primary N) is 1. The molecule has 0 bridgehead atoms. The van der Waals surface area contributed by atoms with Gasteiger partial charge in [-0.2, -0.15) is 0 Å². The van der Waals surface area contributed by atoms with Gasteiger partial charge in [0.05, 0.1) is 0 Å². The minimum atomic E-state index is 0.623. The summed E-state index contributed by atoms with van der Waals surface area (Å²) in [5, 5.41) is 1.62. The van der Waals surface area contributed by atoms with E-state index in [1.165, 1.54) is 16.7 Å². The van der Waals surface area contributed by atoms with Gasteiger partial charge in [0.25, 0.3) is 0 Å². The van der Waals surface area contributed by atoms with Gasteiger partial charge in [0.2, 0.25) is 0 Å². The molecule has 0 fully saturated rings. The van der Waals surface area contributed by atoms with Crippen LogP contribution < -0.4 is 10.6 Å². The van der Waals surface area contributed by atoms with Crippen LogP contribution >= 0.6 is 0 Å². The molecule has 84 valence electrons. The lowest BCUT2D eigenvalue weighted by Crippen LogP contribution is -2.30. The Morgan fingerprint density at radius 2 is 1.73 bits per heavy atom. The van der Waals surface area contributed by atoms with Crippen molar-refractivity contribution in [1.82, 2.24) is 5.01 Å². The molecule has 0 radical (unpaired) electrons. The second kappa shape index (κ2) is 5.14. The van der Waals surface area contributed by atoms with E-state index < -0.39 is 0 Å². The number of rotatable bonds is 4. The molecule has 0 aliphatic rings. The van der Waals surface area contributed by atoms with Crippen molar-refractivity contribution in [3.63, 3.8) is 0 Å². The van der Waals surface area contributed by atoms with Gasteiger partial charge >= 0.3 is 0 Å². The average Bonchev–Trinajstić information content (AvgIpc) is 2.08. The Balaban J connectivity index is 2.68.